The van der Waals surface area contributed by atoms with Gasteiger partial charge in [0, 0.05) is 10.8 Å². The van der Waals surface area contributed by atoms with Crippen LogP contribution in [0.25, 0.3) is 21.5 Å². The summed E-state index contributed by atoms with van der Waals surface area (Å²) in [6.45, 7) is 0. The predicted molar refractivity (Wildman–Crippen MR) is 186 cm³/mol. The minimum Gasteiger partial charge on any atom is -0.870 e. The van der Waals surface area contributed by atoms with Gasteiger partial charge in [0.2, 0.25) is 0 Å². The molecule has 0 aliphatic rings. The Morgan fingerprint density at radius 1 is 0.458 bits per heavy atom. The molecule has 6 aromatic rings. The number of azo groups is 2. The molecule has 18 nitrogen and oxygen atoms in total. The van der Waals surface area contributed by atoms with Gasteiger partial charge in [0.25, 0.3) is 20.2 Å². The maximum absolute atomic E-state index is 12.9. The van der Waals surface area contributed by atoms with Gasteiger partial charge in [-0.3, -0.25) is 9.11 Å². The van der Waals surface area contributed by atoms with Crippen molar-refractivity contribution in [1.29, 1.82) is 0 Å². The first kappa shape index (κ1) is 53.4. The Morgan fingerprint density at radius 2 is 0.780 bits per heavy atom. The van der Waals surface area contributed by atoms with Gasteiger partial charge in [-0.05, 0) is 89.0 Å². The van der Waals surface area contributed by atoms with E-state index in [2.05, 4.69) is 20.5 Å². The maximum atomic E-state index is 12.9. The van der Waals surface area contributed by atoms with Crippen LogP contribution >= 0.6 is 0 Å². The molecule has 284 valence electrons. The van der Waals surface area contributed by atoms with Crippen molar-refractivity contribution in [2.75, 3.05) is 0 Å². The summed E-state index contributed by atoms with van der Waals surface area (Å²) in [5, 5.41) is 41.2. The van der Waals surface area contributed by atoms with Crippen molar-refractivity contribution >= 4 is 84.8 Å². The third kappa shape index (κ3) is 12.7. The molecular formula is C33H20N4Na4O14S4. The van der Waals surface area contributed by atoms with Crippen LogP contribution in [0.1, 0.15) is 11.1 Å². The number of fused-ring (bicyclic) bond motifs is 2. The van der Waals surface area contributed by atoms with Crippen molar-refractivity contribution in [3.63, 3.8) is 0 Å². The quantitative estimate of drug-likeness (QED) is 0.0733. The Hall–Kier alpha value is -1.72. The molecule has 0 fully saturated rings. The average Bonchev–Trinajstić information content (AvgIpc) is 3.09. The van der Waals surface area contributed by atoms with Crippen molar-refractivity contribution in [2.24, 2.45) is 20.5 Å². The van der Waals surface area contributed by atoms with Gasteiger partial charge in [-0.15, -0.1) is 0 Å². The summed E-state index contributed by atoms with van der Waals surface area (Å²) in [4.78, 5) is -3.59. The number of hydrogen-bond donors (Lipinski definition) is 2. The van der Waals surface area contributed by atoms with Gasteiger partial charge in [0.15, 0.2) is 0 Å². The van der Waals surface area contributed by atoms with Crippen molar-refractivity contribution in [3.05, 3.63) is 108 Å². The Morgan fingerprint density at radius 3 is 1.07 bits per heavy atom. The van der Waals surface area contributed by atoms with E-state index in [1.54, 1.807) is 24.3 Å². The summed E-state index contributed by atoms with van der Waals surface area (Å²) in [6, 6.07) is 20.0. The Labute approximate surface area is 425 Å². The van der Waals surface area contributed by atoms with E-state index in [0.717, 1.165) is 59.7 Å². The summed E-state index contributed by atoms with van der Waals surface area (Å²) in [5.74, 6) is -2.42. The molecule has 0 aliphatic carbocycles. The molecule has 59 heavy (non-hydrogen) atoms. The number of benzene rings is 6. The van der Waals surface area contributed by atoms with Gasteiger partial charge >= 0.3 is 118 Å². The van der Waals surface area contributed by atoms with Crippen LogP contribution in [0.2, 0.25) is 0 Å². The minimum absolute atomic E-state index is 0. The number of hydrogen-bond acceptors (Lipinski definition) is 16. The Bertz CT molecular complexity index is 2880. The molecule has 0 amide bonds. The second-order valence-corrected chi connectivity index (χ2v) is 17.2. The van der Waals surface area contributed by atoms with Gasteiger partial charge in [-0.2, -0.15) is 37.3 Å². The molecule has 0 aromatic heterocycles. The average molecular weight is 917 g/mol. The second-order valence-electron chi connectivity index (χ2n) is 11.6. The molecule has 0 saturated carbocycles. The van der Waals surface area contributed by atoms with Crippen LogP contribution in [0.15, 0.2) is 137 Å². The molecule has 0 saturated heterocycles. The monoisotopic (exact) mass is 916 g/mol. The molecule has 0 heterocycles. The van der Waals surface area contributed by atoms with E-state index in [0.29, 0.717) is 6.42 Å². The smallest absolute Gasteiger partial charge is 0.870 e. The summed E-state index contributed by atoms with van der Waals surface area (Å²) < 4.78 is 135. The van der Waals surface area contributed by atoms with E-state index in [1.165, 1.54) is 24.3 Å². The molecule has 0 unspecified atom stereocenters. The standard InChI is InChI=1S/C33H24N4O14S4.4Na/c38-32-28(54(46,47)48)16-20-14-24(52(40,41)42)9-11-26(20)30(32)36-34-22-5-1-18(2-6-22)13-19-3-7-23(8-4-19)35-37-31-27-12-10-25(53(43,44)45)15-21(27)17-29(33(31)39)55(49,50)51;;;;/h1-12,14-17,38-39H,13H2,(H,40,41,42)(H,43,44,45)(H,46,47,48)(H,49,50,51);;;;/q;4*+1/p-4. The van der Waals surface area contributed by atoms with Crippen LogP contribution in [0.3, 0.4) is 0 Å². The van der Waals surface area contributed by atoms with Gasteiger partial charge in [0.1, 0.15) is 20.2 Å². The Kier molecular flexibility index (Phi) is 18.7. The molecule has 2 N–H and O–H groups in total. The van der Waals surface area contributed by atoms with Crippen LogP contribution in [-0.2, 0) is 46.9 Å². The third-order valence-corrected chi connectivity index (χ3v) is 11.3. The van der Waals surface area contributed by atoms with Crippen molar-refractivity contribution in [2.45, 2.75) is 26.0 Å². The van der Waals surface area contributed by atoms with Crippen molar-refractivity contribution < 1.29 is 180 Å². The molecular weight excluding hydrogens is 897 g/mol. The SMILES string of the molecule is O=S(=O)([O-])c1ccc2c(N=Nc3ccc(Cc4ccc(N=Nc5c([O-])c(S(=O)(=O)O)cc6cc(S(=O)(=O)[O-])ccc56)cc4)cc3)c([O-])c(S(=O)(=O)O)cc2c1.[Na+].[Na+].[Na+].[Na+]. The van der Waals surface area contributed by atoms with E-state index in [1.807, 2.05) is 0 Å². The van der Waals surface area contributed by atoms with Crippen molar-refractivity contribution in [1.82, 2.24) is 0 Å². The third-order valence-electron chi connectivity index (χ3n) is 7.95. The van der Waals surface area contributed by atoms with Crippen molar-refractivity contribution in [3.8, 4) is 11.5 Å². The minimum atomic E-state index is -5.07. The maximum Gasteiger partial charge on any atom is 1.00 e. The molecule has 26 heteroatoms. The summed E-state index contributed by atoms with van der Waals surface area (Å²) >= 11 is 0. The summed E-state index contributed by atoms with van der Waals surface area (Å²) in [5.41, 5.74) is 0.917. The fraction of sp³-hybridized carbons (Fsp3) is 0.0303. The Balaban J connectivity index is 0.00000300. The zero-order valence-corrected chi connectivity index (χ0v) is 42.4. The van der Waals surface area contributed by atoms with Crippen LogP contribution in [-0.4, -0.2) is 51.9 Å². The van der Waals surface area contributed by atoms with Gasteiger partial charge in [-0.1, -0.05) is 47.9 Å². The largest absolute Gasteiger partial charge is 1.00 e. The van der Waals surface area contributed by atoms with Gasteiger partial charge in [-0.25, -0.2) is 16.8 Å². The van der Waals surface area contributed by atoms with E-state index in [4.69, 9.17) is 0 Å². The zero-order chi connectivity index (χ0) is 40.1. The molecule has 0 radical (unpaired) electrons. The second kappa shape index (κ2) is 20.6. The molecule has 0 aliphatic heterocycles. The summed E-state index contributed by atoms with van der Waals surface area (Å²) in [6.07, 6.45) is 0.377. The molecule has 6 rings (SSSR count). The van der Waals surface area contributed by atoms with Gasteiger partial charge < -0.3 is 19.3 Å². The van der Waals surface area contributed by atoms with E-state index >= 15 is 0 Å². The first-order valence-electron chi connectivity index (χ1n) is 15.0. The van der Waals surface area contributed by atoms with Crippen LogP contribution in [0.5, 0.6) is 11.5 Å². The van der Waals surface area contributed by atoms with Gasteiger partial charge in [0.05, 0.1) is 42.3 Å². The van der Waals surface area contributed by atoms with Crippen LogP contribution in [0.4, 0.5) is 22.7 Å². The summed E-state index contributed by atoms with van der Waals surface area (Å²) in [7, 11) is -20.0. The van der Waals surface area contributed by atoms with E-state index < -0.39 is 82.9 Å². The molecule has 6 aromatic carbocycles. The first-order valence-corrected chi connectivity index (χ1v) is 20.7. The molecule has 0 bridgehead atoms. The van der Waals surface area contributed by atoms with E-state index in [-0.39, 0.29) is 151 Å². The van der Waals surface area contributed by atoms with E-state index in [9.17, 15) is 62.1 Å². The number of rotatable bonds is 10. The fourth-order valence-corrected chi connectivity index (χ4v) is 7.57. The topological polar surface area (TPSA) is 319 Å². The normalized spacial score (nSPS) is 12.1. The molecule has 0 spiro atoms. The first-order chi connectivity index (χ1) is 25.6. The van der Waals surface area contributed by atoms with Crippen LogP contribution in [0, 0.1) is 0 Å². The fourth-order valence-electron chi connectivity index (χ4n) is 5.35. The van der Waals surface area contributed by atoms with Crippen LogP contribution < -0.4 is 128 Å². The zero-order valence-electron chi connectivity index (χ0n) is 31.2. The predicted octanol–water partition coefficient (Wildman–Crippen LogP) is -7.12. The number of nitrogens with zero attached hydrogens (tertiary/aromatic N) is 4. The molecule has 0 atom stereocenters.